The summed E-state index contributed by atoms with van der Waals surface area (Å²) in [6.07, 6.45) is 68.6. The van der Waals surface area contributed by atoms with Crippen LogP contribution in [0.25, 0.3) is 0 Å². The predicted octanol–water partition coefficient (Wildman–Crippen LogP) is 15.9. The Balaban J connectivity index is 4.73. The molecule has 0 rings (SSSR count). The van der Waals surface area contributed by atoms with Gasteiger partial charge in [-0.25, -0.2) is 0 Å². The number of carbonyl (C=O) groups excluding carboxylic acids is 2. The number of rotatable bonds is 45. The zero-order chi connectivity index (χ0) is 46.7. The number of hydrogen-bond acceptors (Lipinski definition) is 5. The molecule has 0 fully saturated rings. The van der Waals surface area contributed by atoms with Gasteiger partial charge in [-0.1, -0.05) is 214 Å². The fourth-order valence-corrected chi connectivity index (χ4v) is 7.22. The van der Waals surface area contributed by atoms with Crippen LogP contribution in [0, 0.1) is 0 Å². The molecular weight excluding hydrogens is 791 g/mol. The van der Waals surface area contributed by atoms with E-state index in [1.54, 1.807) is 0 Å². The van der Waals surface area contributed by atoms with Crippen molar-refractivity contribution in [2.24, 2.45) is 0 Å². The van der Waals surface area contributed by atoms with E-state index in [1.165, 1.54) is 57.8 Å². The van der Waals surface area contributed by atoms with Gasteiger partial charge in [-0.05, 0) is 103 Å². The molecule has 1 amide bonds. The van der Waals surface area contributed by atoms with Crippen LogP contribution >= 0.6 is 0 Å². The number of ether oxygens (including phenoxy) is 1. The number of hydrogen-bond donors (Lipinski definition) is 3. The summed E-state index contributed by atoms with van der Waals surface area (Å²) in [5, 5.41) is 23.7. The molecular formula is C58H97NO5. The van der Waals surface area contributed by atoms with Crippen LogP contribution in [0.5, 0.6) is 0 Å². The number of amides is 1. The van der Waals surface area contributed by atoms with Crippen LogP contribution in [0.1, 0.15) is 220 Å². The number of nitrogens with one attached hydrogen (secondary N) is 1. The van der Waals surface area contributed by atoms with Gasteiger partial charge in [0.25, 0.3) is 0 Å². The average Bonchev–Trinajstić information content (AvgIpc) is 3.29. The number of aliphatic hydroxyl groups excluding tert-OH is 2. The number of aliphatic hydroxyl groups is 2. The molecule has 364 valence electrons. The van der Waals surface area contributed by atoms with E-state index in [0.717, 1.165) is 116 Å². The smallest absolute Gasteiger partial charge is 0.306 e. The summed E-state index contributed by atoms with van der Waals surface area (Å²) < 4.78 is 5.89. The van der Waals surface area contributed by atoms with Crippen LogP contribution in [0.2, 0.25) is 0 Å². The van der Waals surface area contributed by atoms with Gasteiger partial charge in [-0.15, -0.1) is 0 Å². The van der Waals surface area contributed by atoms with E-state index in [4.69, 9.17) is 4.74 Å². The van der Waals surface area contributed by atoms with Gasteiger partial charge in [-0.3, -0.25) is 9.59 Å². The van der Waals surface area contributed by atoms with Gasteiger partial charge in [0.15, 0.2) is 0 Å². The van der Waals surface area contributed by atoms with E-state index in [-0.39, 0.29) is 24.9 Å². The lowest BCUT2D eigenvalue weighted by atomic mass is 10.0. The monoisotopic (exact) mass is 888 g/mol. The van der Waals surface area contributed by atoms with Crippen molar-refractivity contribution in [3.8, 4) is 0 Å². The highest BCUT2D eigenvalue weighted by Crippen LogP contribution is 2.16. The van der Waals surface area contributed by atoms with E-state index < -0.39 is 18.2 Å². The first-order valence-electron chi connectivity index (χ1n) is 26.1. The van der Waals surface area contributed by atoms with Crippen LogP contribution < -0.4 is 5.32 Å². The first-order valence-corrected chi connectivity index (χ1v) is 26.1. The van der Waals surface area contributed by atoms with Gasteiger partial charge in [-0.2, -0.15) is 0 Å². The molecule has 0 aliphatic carbocycles. The Labute approximate surface area is 394 Å². The summed E-state index contributed by atoms with van der Waals surface area (Å²) in [4.78, 5) is 26.2. The lowest BCUT2D eigenvalue weighted by Crippen LogP contribution is -2.46. The Morgan fingerprint density at radius 3 is 1.30 bits per heavy atom. The number of esters is 1. The Morgan fingerprint density at radius 1 is 0.469 bits per heavy atom. The molecule has 0 radical (unpaired) electrons. The number of carbonyl (C=O) groups is 2. The maximum atomic E-state index is 13.2. The third-order valence-corrected chi connectivity index (χ3v) is 11.1. The van der Waals surface area contributed by atoms with Crippen molar-refractivity contribution in [3.05, 3.63) is 109 Å². The Hall–Kier alpha value is -3.48. The fraction of sp³-hybridized carbons (Fsp3) is 0.655. The van der Waals surface area contributed by atoms with Gasteiger partial charge in [0, 0.05) is 6.42 Å². The van der Waals surface area contributed by atoms with Crippen molar-refractivity contribution in [2.45, 2.75) is 238 Å². The minimum atomic E-state index is -0.814. The second-order valence-electron chi connectivity index (χ2n) is 17.2. The largest absolute Gasteiger partial charge is 0.462 e. The van der Waals surface area contributed by atoms with Crippen LogP contribution in [0.4, 0.5) is 0 Å². The van der Waals surface area contributed by atoms with Crippen LogP contribution in [-0.4, -0.2) is 46.9 Å². The van der Waals surface area contributed by atoms with Crippen molar-refractivity contribution < 1.29 is 24.5 Å². The summed E-state index contributed by atoms with van der Waals surface area (Å²) in [7, 11) is 0. The predicted molar refractivity (Wildman–Crippen MR) is 277 cm³/mol. The Kier molecular flexibility index (Phi) is 47.8. The van der Waals surface area contributed by atoms with E-state index in [9.17, 15) is 19.8 Å². The first kappa shape index (κ1) is 60.5. The molecule has 0 aromatic heterocycles. The van der Waals surface area contributed by atoms with Crippen LogP contribution in [-0.2, 0) is 14.3 Å². The van der Waals surface area contributed by atoms with E-state index >= 15 is 0 Å². The highest BCUT2D eigenvalue weighted by molar-refractivity contribution is 5.77. The van der Waals surface area contributed by atoms with Gasteiger partial charge in [0.05, 0.1) is 25.2 Å². The summed E-state index contributed by atoms with van der Waals surface area (Å²) in [5.41, 5.74) is 0. The summed E-state index contributed by atoms with van der Waals surface area (Å²) in [6.45, 7) is 6.22. The molecule has 0 aliphatic heterocycles. The molecule has 0 saturated heterocycles. The fourth-order valence-electron chi connectivity index (χ4n) is 7.22. The van der Waals surface area contributed by atoms with Gasteiger partial charge < -0.3 is 20.3 Å². The molecule has 0 bridgehead atoms. The Morgan fingerprint density at radius 2 is 0.859 bits per heavy atom. The average molecular weight is 888 g/mol. The molecule has 6 nitrogen and oxygen atoms in total. The second-order valence-corrected chi connectivity index (χ2v) is 17.2. The summed E-state index contributed by atoms with van der Waals surface area (Å²) in [5.74, 6) is -0.576. The summed E-state index contributed by atoms with van der Waals surface area (Å²) >= 11 is 0. The van der Waals surface area contributed by atoms with E-state index in [0.29, 0.717) is 19.3 Å². The molecule has 0 aromatic rings. The zero-order valence-electron chi connectivity index (χ0n) is 41.4. The van der Waals surface area contributed by atoms with Crippen molar-refractivity contribution in [1.29, 1.82) is 0 Å². The number of allylic oxidation sites excluding steroid dienone is 18. The molecule has 6 heteroatoms. The number of unbranched alkanes of at least 4 members (excludes halogenated alkanes) is 15. The highest BCUT2D eigenvalue weighted by Gasteiger charge is 2.24. The normalized spacial score (nSPS) is 14.1. The third kappa shape index (κ3) is 45.1. The molecule has 64 heavy (non-hydrogen) atoms. The minimum Gasteiger partial charge on any atom is -0.462 e. The summed E-state index contributed by atoms with van der Waals surface area (Å²) in [6, 6.07) is -0.733. The van der Waals surface area contributed by atoms with Crippen molar-refractivity contribution >= 4 is 11.9 Å². The van der Waals surface area contributed by atoms with Crippen molar-refractivity contribution in [2.75, 3.05) is 6.61 Å². The lowest BCUT2D eigenvalue weighted by Gasteiger charge is -2.24. The third-order valence-electron chi connectivity index (χ3n) is 11.1. The van der Waals surface area contributed by atoms with Gasteiger partial charge >= 0.3 is 5.97 Å². The van der Waals surface area contributed by atoms with E-state index in [1.807, 2.05) is 0 Å². The Bertz CT molecular complexity index is 1320. The maximum Gasteiger partial charge on any atom is 0.306 e. The van der Waals surface area contributed by atoms with Crippen LogP contribution in [0.15, 0.2) is 109 Å². The van der Waals surface area contributed by atoms with E-state index in [2.05, 4.69) is 135 Å². The first-order chi connectivity index (χ1) is 31.5. The topological polar surface area (TPSA) is 95.9 Å². The van der Waals surface area contributed by atoms with Gasteiger partial charge in [0.2, 0.25) is 5.91 Å². The van der Waals surface area contributed by atoms with Crippen molar-refractivity contribution in [1.82, 2.24) is 5.32 Å². The van der Waals surface area contributed by atoms with Crippen LogP contribution in [0.3, 0.4) is 0 Å². The molecule has 3 unspecified atom stereocenters. The standard InChI is InChI=1S/C58H97NO5/c1-4-7-10-13-16-19-22-25-27-28-29-30-31-33-36-39-42-45-48-51-58(63)64-54(49-46-43-40-37-34-32-26-23-20-17-14-11-8-5-2)52-57(62)59-55(53-60)56(61)50-47-44-41-38-35-24-21-18-15-12-9-6-3/h7-8,10-11,16-17,19-20,25-27,29-30,32-33,36-37,40,54-56,60-61H,4-6,9,12-15,18,21-24,28,31,34-35,38-39,41-53H2,1-3H3,(H,59,62)/b10-7-,11-8+,19-16-,20-17+,27-25-,30-29-,32-26+,36-33-,40-37+. The minimum absolute atomic E-state index is 0.0197. The molecule has 0 heterocycles. The quantitative estimate of drug-likeness (QED) is 0.0322. The highest BCUT2D eigenvalue weighted by atomic mass is 16.5. The molecule has 3 N–H and O–H groups in total. The SMILES string of the molecule is CC/C=C\C/C=C\C/C=C\C/C=C\C/C=C\CCCCCC(=O)OC(CCC/C=C/C/C=C/C/C=C/C/C=C/CC)CC(=O)NC(CO)C(O)CCCCCCCCCCCCCC. The molecule has 0 aliphatic rings. The lowest BCUT2D eigenvalue weighted by molar-refractivity contribution is -0.151. The molecule has 3 atom stereocenters. The molecule has 0 spiro atoms. The molecule has 0 saturated carbocycles. The maximum absolute atomic E-state index is 13.2. The zero-order valence-corrected chi connectivity index (χ0v) is 41.4. The van der Waals surface area contributed by atoms with Gasteiger partial charge in [0.1, 0.15) is 6.10 Å². The van der Waals surface area contributed by atoms with Crippen molar-refractivity contribution in [3.63, 3.8) is 0 Å². The second kappa shape index (κ2) is 50.5. The molecule has 0 aromatic carbocycles.